The zero-order valence-electron chi connectivity index (χ0n) is 8.39. The Labute approximate surface area is 79.9 Å². The van der Waals surface area contributed by atoms with E-state index in [4.69, 9.17) is 0 Å². The average Bonchev–Trinajstić information content (AvgIpc) is 2.92. The van der Waals surface area contributed by atoms with Gasteiger partial charge in [0.2, 0.25) is 0 Å². The number of aldehydes is 1. The van der Waals surface area contributed by atoms with E-state index in [-0.39, 0.29) is 10.8 Å². The van der Waals surface area contributed by atoms with Gasteiger partial charge in [-0.2, -0.15) is 0 Å². The van der Waals surface area contributed by atoms with Gasteiger partial charge in [-0.25, -0.2) is 0 Å². The fourth-order valence-corrected chi connectivity index (χ4v) is 1.87. The Bertz CT molecular complexity index is 288. The van der Waals surface area contributed by atoms with E-state index >= 15 is 0 Å². The van der Waals surface area contributed by atoms with Crippen LogP contribution < -0.4 is 0 Å². The van der Waals surface area contributed by atoms with E-state index in [1.54, 1.807) is 0 Å². The summed E-state index contributed by atoms with van der Waals surface area (Å²) in [6.07, 6.45) is 5.45. The van der Waals surface area contributed by atoms with Crippen molar-refractivity contribution in [1.82, 2.24) is 0 Å². The van der Waals surface area contributed by atoms with Gasteiger partial charge in [-0.05, 0) is 24.7 Å². The monoisotopic (exact) mass is 176 g/mol. The molecule has 2 rings (SSSR count). The topological polar surface area (TPSA) is 17.1 Å². The Morgan fingerprint density at radius 1 is 1.46 bits per heavy atom. The third-order valence-electron chi connectivity index (χ3n) is 3.49. The molecule has 2 aliphatic carbocycles. The zero-order chi connectivity index (χ0) is 9.53. The van der Waals surface area contributed by atoms with Gasteiger partial charge in [0, 0.05) is 17.8 Å². The Balaban J connectivity index is 1.94. The standard InChI is InChI=1S/C12H16O/c1-11(2)8-12(11,9-13)7-3-4-10-5-6-10/h9-10H,5-8H2,1-2H3. The summed E-state index contributed by atoms with van der Waals surface area (Å²) in [6, 6.07) is 0. The number of rotatable bonds is 2. The predicted octanol–water partition coefficient (Wildman–Crippen LogP) is 2.41. The quantitative estimate of drug-likeness (QED) is 0.466. The van der Waals surface area contributed by atoms with E-state index in [1.807, 2.05) is 0 Å². The Hall–Kier alpha value is -0.770. The van der Waals surface area contributed by atoms with Gasteiger partial charge in [0.1, 0.15) is 6.29 Å². The van der Waals surface area contributed by atoms with Gasteiger partial charge in [-0.1, -0.05) is 19.8 Å². The Morgan fingerprint density at radius 2 is 2.08 bits per heavy atom. The number of hydrogen-bond donors (Lipinski definition) is 0. The van der Waals surface area contributed by atoms with E-state index in [2.05, 4.69) is 25.7 Å². The molecule has 0 radical (unpaired) electrons. The molecule has 0 aliphatic heterocycles. The summed E-state index contributed by atoms with van der Waals surface area (Å²) < 4.78 is 0. The first-order valence-electron chi connectivity index (χ1n) is 5.04. The van der Waals surface area contributed by atoms with Crippen LogP contribution >= 0.6 is 0 Å². The van der Waals surface area contributed by atoms with Gasteiger partial charge in [0.15, 0.2) is 0 Å². The first-order chi connectivity index (χ1) is 6.10. The third-order valence-corrected chi connectivity index (χ3v) is 3.49. The van der Waals surface area contributed by atoms with E-state index in [9.17, 15) is 4.79 Å². The molecular formula is C12H16O. The summed E-state index contributed by atoms with van der Waals surface area (Å²) in [5, 5.41) is 0. The molecule has 13 heavy (non-hydrogen) atoms. The molecule has 0 saturated heterocycles. The maximum atomic E-state index is 10.9. The predicted molar refractivity (Wildman–Crippen MR) is 52.0 cm³/mol. The van der Waals surface area contributed by atoms with Crippen molar-refractivity contribution >= 4 is 6.29 Å². The van der Waals surface area contributed by atoms with Crippen LogP contribution in [0.5, 0.6) is 0 Å². The highest BCUT2D eigenvalue weighted by Crippen LogP contribution is 2.63. The molecule has 1 heteroatoms. The van der Waals surface area contributed by atoms with Crippen molar-refractivity contribution in [1.29, 1.82) is 0 Å². The van der Waals surface area contributed by atoms with E-state index in [0.29, 0.717) is 5.92 Å². The van der Waals surface area contributed by atoms with Crippen LogP contribution in [-0.4, -0.2) is 6.29 Å². The number of carbonyl (C=O) groups excluding carboxylic acids is 1. The van der Waals surface area contributed by atoms with Crippen molar-refractivity contribution < 1.29 is 4.79 Å². The first kappa shape index (κ1) is 8.81. The largest absolute Gasteiger partial charge is 0.303 e. The van der Waals surface area contributed by atoms with Gasteiger partial charge >= 0.3 is 0 Å². The molecule has 70 valence electrons. The average molecular weight is 176 g/mol. The van der Waals surface area contributed by atoms with Gasteiger partial charge in [-0.15, -0.1) is 5.92 Å². The smallest absolute Gasteiger partial charge is 0.127 e. The van der Waals surface area contributed by atoms with Gasteiger partial charge in [-0.3, -0.25) is 0 Å². The molecule has 2 aliphatic rings. The zero-order valence-corrected chi connectivity index (χ0v) is 8.39. The highest BCUT2D eigenvalue weighted by atomic mass is 16.1. The molecule has 0 spiro atoms. The van der Waals surface area contributed by atoms with Crippen molar-refractivity contribution in [3.05, 3.63) is 0 Å². The molecule has 0 aromatic rings. The fraction of sp³-hybridized carbons (Fsp3) is 0.750. The summed E-state index contributed by atoms with van der Waals surface area (Å²) in [4.78, 5) is 10.9. The summed E-state index contributed by atoms with van der Waals surface area (Å²) in [5.41, 5.74) is 0.0991. The molecule has 0 heterocycles. The summed E-state index contributed by atoms with van der Waals surface area (Å²) in [5.74, 6) is 7.05. The van der Waals surface area contributed by atoms with Gasteiger partial charge in [0.05, 0.1) is 0 Å². The molecule has 2 fully saturated rings. The molecule has 0 N–H and O–H groups in total. The van der Waals surface area contributed by atoms with Crippen molar-refractivity contribution in [2.24, 2.45) is 16.7 Å². The van der Waals surface area contributed by atoms with E-state index < -0.39 is 0 Å². The van der Waals surface area contributed by atoms with Crippen LogP contribution in [-0.2, 0) is 4.79 Å². The van der Waals surface area contributed by atoms with Crippen LogP contribution in [0.4, 0.5) is 0 Å². The van der Waals surface area contributed by atoms with Crippen LogP contribution in [0, 0.1) is 28.6 Å². The summed E-state index contributed by atoms with van der Waals surface area (Å²) in [7, 11) is 0. The molecule has 2 saturated carbocycles. The van der Waals surface area contributed by atoms with Crippen molar-refractivity contribution in [2.75, 3.05) is 0 Å². The maximum Gasteiger partial charge on any atom is 0.127 e. The molecule has 1 unspecified atom stereocenters. The Kier molecular flexibility index (Phi) is 1.77. The van der Waals surface area contributed by atoms with Gasteiger partial charge in [0.25, 0.3) is 0 Å². The molecule has 0 amide bonds. The molecule has 0 aromatic carbocycles. The van der Waals surface area contributed by atoms with Gasteiger partial charge < -0.3 is 4.79 Å². The second kappa shape index (κ2) is 2.61. The minimum atomic E-state index is -0.102. The lowest BCUT2D eigenvalue weighted by atomic mass is 9.94. The number of carbonyl (C=O) groups is 1. The lowest BCUT2D eigenvalue weighted by molar-refractivity contribution is -0.113. The molecule has 0 aromatic heterocycles. The van der Waals surface area contributed by atoms with E-state index in [0.717, 1.165) is 19.1 Å². The minimum Gasteiger partial charge on any atom is -0.303 e. The second-order valence-corrected chi connectivity index (χ2v) is 5.11. The fourth-order valence-electron chi connectivity index (χ4n) is 1.87. The lowest BCUT2D eigenvalue weighted by Crippen LogP contribution is -2.09. The lowest BCUT2D eigenvalue weighted by Gasteiger charge is -2.08. The summed E-state index contributed by atoms with van der Waals surface area (Å²) >= 11 is 0. The molecule has 0 bridgehead atoms. The summed E-state index contributed by atoms with van der Waals surface area (Å²) in [6.45, 7) is 4.31. The van der Waals surface area contributed by atoms with Crippen LogP contribution in [0.2, 0.25) is 0 Å². The normalized spacial score (nSPS) is 34.6. The Morgan fingerprint density at radius 3 is 2.46 bits per heavy atom. The van der Waals surface area contributed by atoms with Crippen molar-refractivity contribution in [2.45, 2.75) is 39.5 Å². The molecule has 1 nitrogen and oxygen atoms in total. The minimum absolute atomic E-state index is 0.102. The number of hydrogen-bond acceptors (Lipinski definition) is 1. The first-order valence-corrected chi connectivity index (χ1v) is 5.04. The maximum absolute atomic E-state index is 10.9. The third kappa shape index (κ3) is 1.50. The SMILES string of the molecule is CC1(C)CC1(C=O)CC#CC1CC1. The van der Waals surface area contributed by atoms with Crippen LogP contribution in [0.1, 0.15) is 39.5 Å². The molecule has 1 atom stereocenters. The van der Waals surface area contributed by atoms with Crippen LogP contribution in [0.15, 0.2) is 0 Å². The van der Waals surface area contributed by atoms with E-state index in [1.165, 1.54) is 12.8 Å². The second-order valence-electron chi connectivity index (χ2n) is 5.11. The van der Waals surface area contributed by atoms with Crippen molar-refractivity contribution in [3.63, 3.8) is 0 Å². The van der Waals surface area contributed by atoms with Crippen LogP contribution in [0.25, 0.3) is 0 Å². The highest BCUT2D eigenvalue weighted by molar-refractivity contribution is 5.67. The van der Waals surface area contributed by atoms with Crippen LogP contribution in [0.3, 0.4) is 0 Å². The molecular weight excluding hydrogens is 160 g/mol. The highest BCUT2D eigenvalue weighted by Gasteiger charge is 2.60. The van der Waals surface area contributed by atoms with Crippen molar-refractivity contribution in [3.8, 4) is 11.8 Å².